The lowest BCUT2D eigenvalue weighted by Gasteiger charge is -2.33. The van der Waals surface area contributed by atoms with Gasteiger partial charge in [0.25, 0.3) is 0 Å². The smallest absolute Gasteiger partial charge is 0.118 e. The number of nitrogens with zero attached hydrogens (tertiary/aromatic N) is 1. The van der Waals surface area contributed by atoms with Gasteiger partial charge in [-0.1, -0.05) is 6.92 Å². The van der Waals surface area contributed by atoms with E-state index in [9.17, 15) is 0 Å². The quantitative estimate of drug-likeness (QED) is 0.796. The summed E-state index contributed by atoms with van der Waals surface area (Å²) in [4.78, 5) is 2.58. The van der Waals surface area contributed by atoms with Crippen LogP contribution in [0.25, 0.3) is 0 Å². The molecule has 94 valence electrons. The Morgan fingerprint density at radius 1 is 1.38 bits per heavy atom. The van der Waals surface area contributed by atoms with Crippen molar-refractivity contribution in [1.29, 1.82) is 0 Å². The first-order chi connectivity index (χ1) is 7.44. The van der Waals surface area contributed by atoms with Gasteiger partial charge in [0.05, 0.1) is 5.60 Å². The molecule has 0 bridgehead atoms. The van der Waals surface area contributed by atoms with Gasteiger partial charge in [0.2, 0.25) is 0 Å². The summed E-state index contributed by atoms with van der Waals surface area (Å²) in [6, 6.07) is 0.705. The molecule has 2 unspecified atom stereocenters. The Balaban J connectivity index is 1.94. The Kier molecular flexibility index (Phi) is 3.30. The summed E-state index contributed by atoms with van der Waals surface area (Å²) in [7, 11) is 0. The summed E-state index contributed by atoms with van der Waals surface area (Å²) in [5.74, 6) is 0. The number of likely N-dealkylation sites (tertiary alicyclic amines) is 1. The third-order valence-electron chi connectivity index (χ3n) is 3.92. The van der Waals surface area contributed by atoms with Crippen molar-refractivity contribution >= 4 is 0 Å². The number of hydrogen-bond donors (Lipinski definition) is 1. The molecule has 1 N–H and O–H groups in total. The molecule has 0 radical (unpaired) electrons. The number of hydrogen-bond acceptors (Lipinski definition) is 3. The van der Waals surface area contributed by atoms with Crippen LogP contribution in [0, 0.1) is 0 Å². The molecule has 0 aromatic heterocycles. The second-order valence-corrected chi connectivity index (χ2v) is 6.07. The van der Waals surface area contributed by atoms with Crippen molar-refractivity contribution in [2.75, 3.05) is 19.6 Å². The Bertz CT molecular complexity index is 254. The molecular formula is C13H26N2O. The van der Waals surface area contributed by atoms with E-state index in [1.807, 2.05) is 0 Å². The lowest BCUT2D eigenvalue weighted by molar-refractivity contribution is -0.0920. The third-order valence-corrected chi connectivity index (χ3v) is 3.92. The molecule has 0 aromatic rings. The second-order valence-electron chi connectivity index (χ2n) is 6.07. The summed E-state index contributed by atoms with van der Waals surface area (Å²) in [6.45, 7) is 12.2. The fourth-order valence-corrected chi connectivity index (χ4v) is 3.19. The van der Waals surface area contributed by atoms with Crippen molar-refractivity contribution in [3.05, 3.63) is 0 Å². The lowest BCUT2D eigenvalue weighted by Crippen LogP contribution is -2.44. The number of ether oxygens (including phenoxy) is 1. The molecule has 2 aliphatic heterocycles. The van der Waals surface area contributed by atoms with Gasteiger partial charge in [-0.05, 0) is 46.7 Å². The van der Waals surface area contributed by atoms with Gasteiger partial charge < -0.3 is 9.64 Å². The van der Waals surface area contributed by atoms with E-state index in [2.05, 4.69) is 37.9 Å². The van der Waals surface area contributed by atoms with Crippen molar-refractivity contribution in [1.82, 2.24) is 10.2 Å². The largest absolute Gasteiger partial charge is 0.354 e. The van der Waals surface area contributed by atoms with Gasteiger partial charge in [-0.15, -0.1) is 0 Å². The summed E-state index contributed by atoms with van der Waals surface area (Å²) in [5.41, 5.74) is -0.129. The van der Waals surface area contributed by atoms with Crippen molar-refractivity contribution in [2.45, 2.75) is 64.3 Å². The van der Waals surface area contributed by atoms with Crippen LogP contribution in [0.15, 0.2) is 0 Å². The van der Waals surface area contributed by atoms with E-state index in [1.54, 1.807) is 0 Å². The maximum atomic E-state index is 6.15. The van der Waals surface area contributed by atoms with Crippen LogP contribution in [0.4, 0.5) is 0 Å². The second kappa shape index (κ2) is 4.28. The summed E-state index contributed by atoms with van der Waals surface area (Å²) in [5, 5.41) is 3.55. The van der Waals surface area contributed by atoms with Crippen molar-refractivity contribution in [3.63, 3.8) is 0 Å². The van der Waals surface area contributed by atoms with E-state index in [4.69, 9.17) is 4.74 Å². The van der Waals surface area contributed by atoms with E-state index in [0.29, 0.717) is 6.04 Å². The van der Waals surface area contributed by atoms with Gasteiger partial charge in [-0.2, -0.15) is 0 Å². The lowest BCUT2D eigenvalue weighted by atomic mass is 10.0. The van der Waals surface area contributed by atoms with E-state index in [-0.39, 0.29) is 11.3 Å². The molecule has 2 aliphatic rings. The van der Waals surface area contributed by atoms with E-state index < -0.39 is 0 Å². The molecule has 2 saturated heterocycles. The summed E-state index contributed by atoms with van der Waals surface area (Å²) in [6.07, 6.45) is 3.79. The van der Waals surface area contributed by atoms with Crippen molar-refractivity contribution < 1.29 is 4.74 Å². The zero-order chi connectivity index (χ0) is 11.8. The van der Waals surface area contributed by atoms with Crippen LogP contribution in [0.2, 0.25) is 0 Å². The molecule has 0 aliphatic carbocycles. The van der Waals surface area contributed by atoms with Gasteiger partial charge in [0.15, 0.2) is 0 Å². The predicted molar refractivity (Wildman–Crippen MR) is 66.5 cm³/mol. The van der Waals surface area contributed by atoms with Gasteiger partial charge in [0, 0.05) is 19.0 Å². The van der Waals surface area contributed by atoms with Crippen LogP contribution in [-0.4, -0.2) is 41.9 Å². The minimum atomic E-state index is -0.119. The normalized spacial score (nSPS) is 39.4. The molecule has 0 saturated carbocycles. The molecule has 16 heavy (non-hydrogen) atoms. The first-order valence-electron chi connectivity index (χ1n) is 6.63. The average molecular weight is 226 g/mol. The first-order valence-corrected chi connectivity index (χ1v) is 6.63. The Hall–Kier alpha value is -0.120. The fourth-order valence-electron chi connectivity index (χ4n) is 3.19. The molecular weight excluding hydrogens is 200 g/mol. The molecule has 2 heterocycles. The van der Waals surface area contributed by atoms with E-state index in [1.165, 1.54) is 25.9 Å². The molecule has 2 rings (SSSR count). The summed E-state index contributed by atoms with van der Waals surface area (Å²) >= 11 is 0. The standard InChI is InChI=1S/C13H26N2O/c1-5-15-8-6-7-11(15)9-13(4)14-10-12(2,3)16-13/h11,14H,5-10H2,1-4H3. The number of rotatable bonds is 3. The Labute approximate surface area is 99.5 Å². The van der Waals surface area contributed by atoms with Gasteiger partial charge in [-0.3, -0.25) is 5.32 Å². The van der Waals surface area contributed by atoms with E-state index >= 15 is 0 Å². The average Bonchev–Trinajstić information content (AvgIpc) is 2.71. The SMILES string of the molecule is CCN1CCCC1CC1(C)NCC(C)(C)O1. The number of nitrogens with one attached hydrogen (secondary N) is 1. The first kappa shape index (κ1) is 12.3. The molecule has 2 fully saturated rings. The Morgan fingerprint density at radius 3 is 2.69 bits per heavy atom. The molecule has 3 nitrogen and oxygen atoms in total. The van der Waals surface area contributed by atoms with E-state index in [0.717, 1.165) is 13.0 Å². The Morgan fingerprint density at radius 2 is 2.12 bits per heavy atom. The molecule has 0 amide bonds. The zero-order valence-corrected chi connectivity index (χ0v) is 11.2. The highest BCUT2D eigenvalue weighted by Gasteiger charge is 2.42. The maximum absolute atomic E-state index is 6.15. The van der Waals surface area contributed by atoms with Gasteiger partial charge in [0.1, 0.15) is 5.72 Å². The minimum absolute atomic E-state index is 0.00952. The highest BCUT2D eigenvalue weighted by molar-refractivity contribution is 4.93. The summed E-state index contributed by atoms with van der Waals surface area (Å²) < 4.78 is 6.15. The van der Waals surface area contributed by atoms with Crippen LogP contribution >= 0.6 is 0 Å². The topological polar surface area (TPSA) is 24.5 Å². The fraction of sp³-hybridized carbons (Fsp3) is 1.00. The molecule has 3 heteroatoms. The third kappa shape index (κ3) is 2.58. The van der Waals surface area contributed by atoms with Crippen molar-refractivity contribution in [3.8, 4) is 0 Å². The molecule has 2 atom stereocenters. The monoisotopic (exact) mass is 226 g/mol. The zero-order valence-electron chi connectivity index (χ0n) is 11.2. The molecule has 0 spiro atoms. The minimum Gasteiger partial charge on any atom is -0.354 e. The van der Waals surface area contributed by atoms with Crippen molar-refractivity contribution in [2.24, 2.45) is 0 Å². The van der Waals surface area contributed by atoms with Crippen LogP contribution in [0.5, 0.6) is 0 Å². The van der Waals surface area contributed by atoms with Gasteiger partial charge in [-0.25, -0.2) is 0 Å². The van der Waals surface area contributed by atoms with Crippen LogP contribution in [0.3, 0.4) is 0 Å². The maximum Gasteiger partial charge on any atom is 0.118 e. The van der Waals surface area contributed by atoms with Crippen LogP contribution < -0.4 is 5.32 Å². The van der Waals surface area contributed by atoms with Crippen LogP contribution in [0.1, 0.15) is 47.0 Å². The highest BCUT2D eigenvalue weighted by Crippen LogP contribution is 2.32. The molecule has 0 aromatic carbocycles. The highest BCUT2D eigenvalue weighted by atomic mass is 16.5. The van der Waals surface area contributed by atoms with Crippen LogP contribution in [-0.2, 0) is 4.74 Å². The predicted octanol–water partition coefficient (Wildman–Crippen LogP) is 1.98. The van der Waals surface area contributed by atoms with Gasteiger partial charge >= 0.3 is 0 Å².